The molecule has 6 nitrogen and oxygen atoms in total. The predicted molar refractivity (Wildman–Crippen MR) is 91.1 cm³/mol. The van der Waals surface area contributed by atoms with Crippen LogP contribution in [0.5, 0.6) is 11.5 Å². The molecule has 3 aromatic rings. The zero-order chi connectivity index (χ0) is 16.9. The average molecular weight is 323 g/mol. The van der Waals surface area contributed by atoms with Gasteiger partial charge in [-0.2, -0.15) is 5.10 Å². The van der Waals surface area contributed by atoms with Gasteiger partial charge in [-0.25, -0.2) is 4.68 Å². The highest BCUT2D eigenvalue weighted by Gasteiger charge is 2.11. The van der Waals surface area contributed by atoms with Crippen molar-refractivity contribution >= 4 is 11.6 Å². The Morgan fingerprint density at radius 3 is 2.50 bits per heavy atom. The fourth-order valence-electron chi connectivity index (χ4n) is 2.29. The van der Waals surface area contributed by atoms with Gasteiger partial charge in [0.1, 0.15) is 11.5 Å². The molecule has 0 fully saturated rings. The van der Waals surface area contributed by atoms with E-state index in [9.17, 15) is 4.79 Å². The van der Waals surface area contributed by atoms with Crippen molar-refractivity contribution in [2.24, 2.45) is 0 Å². The average Bonchev–Trinajstić information content (AvgIpc) is 3.16. The SMILES string of the molecule is COc1ccc(OC)c(NC(=O)c2ccc(-n3cccn3)cc2)c1. The van der Waals surface area contributed by atoms with Gasteiger partial charge in [0.15, 0.2) is 0 Å². The molecule has 0 radical (unpaired) electrons. The molecule has 24 heavy (non-hydrogen) atoms. The molecule has 1 heterocycles. The molecule has 0 unspecified atom stereocenters. The minimum Gasteiger partial charge on any atom is -0.497 e. The summed E-state index contributed by atoms with van der Waals surface area (Å²) in [7, 11) is 3.12. The number of hydrogen-bond donors (Lipinski definition) is 1. The summed E-state index contributed by atoms with van der Waals surface area (Å²) in [6.45, 7) is 0. The Labute approximate surface area is 139 Å². The maximum absolute atomic E-state index is 12.4. The molecule has 1 N–H and O–H groups in total. The van der Waals surface area contributed by atoms with Gasteiger partial charge < -0.3 is 14.8 Å². The third-order valence-electron chi connectivity index (χ3n) is 3.55. The van der Waals surface area contributed by atoms with Crippen molar-refractivity contribution in [3.05, 3.63) is 66.5 Å². The normalized spacial score (nSPS) is 10.2. The zero-order valence-electron chi connectivity index (χ0n) is 13.4. The lowest BCUT2D eigenvalue weighted by molar-refractivity contribution is 0.102. The first-order chi connectivity index (χ1) is 11.7. The maximum atomic E-state index is 12.4. The lowest BCUT2D eigenvalue weighted by atomic mass is 10.2. The van der Waals surface area contributed by atoms with Gasteiger partial charge in [0, 0.05) is 24.0 Å². The number of nitrogens with one attached hydrogen (secondary N) is 1. The van der Waals surface area contributed by atoms with E-state index in [0.29, 0.717) is 22.7 Å². The fraction of sp³-hybridized carbons (Fsp3) is 0.111. The van der Waals surface area contributed by atoms with Crippen LogP contribution in [-0.2, 0) is 0 Å². The number of amides is 1. The van der Waals surface area contributed by atoms with Crippen LogP contribution in [0, 0.1) is 0 Å². The molecular weight excluding hydrogens is 306 g/mol. The number of anilines is 1. The molecule has 0 aliphatic rings. The van der Waals surface area contributed by atoms with Crippen LogP contribution in [0.4, 0.5) is 5.69 Å². The van der Waals surface area contributed by atoms with E-state index in [0.717, 1.165) is 5.69 Å². The smallest absolute Gasteiger partial charge is 0.255 e. The number of ether oxygens (including phenoxy) is 2. The third kappa shape index (κ3) is 3.22. The molecule has 0 bridgehead atoms. The number of nitrogens with zero attached hydrogens (tertiary/aromatic N) is 2. The van der Waals surface area contributed by atoms with Crippen molar-refractivity contribution in [2.45, 2.75) is 0 Å². The van der Waals surface area contributed by atoms with Gasteiger partial charge in [0.2, 0.25) is 0 Å². The number of carbonyl (C=O) groups excluding carboxylic acids is 1. The third-order valence-corrected chi connectivity index (χ3v) is 3.55. The van der Waals surface area contributed by atoms with Gasteiger partial charge in [-0.15, -0.1) is 0 Å². The van der Waals surface area contributed by atoms with Crippen LogP contribution in [0.2, 0.25) is 0 Å². The number of hydrogen-bond acceptors (Lipinski definition) is 4. The molecule has 0 atom stereocenters. The summed E-state index contributed by atoms with van der Waals surface area (Å²) in [6.07, 6.45) is 3.55. The second-order valence-corrected chi connectivity index (χ2v) is 5.02. The van der Waals surface area contributed by atoms with Crippen molar-refractivity contribution in [2.75, 3.05) is 19.5 Å². The number of benzene rings is 2. The monoisotopic (exact) mass is 323 g/mol. The van der Waals surface area contributed by atoms with E-state index < -0.39 is 0 Å². The quantitative estimate of drug-likeness (QED) is 0.783. The van der Waals surface area contributed by atoms with Crippen LogP contribution < -0.4 is 14.8 Å². The highest BCUT2D eigenvalue weighted by Crippen LogP contribution is 2.29. The van der Waals surface area contributed by atoms with E-state index in [1.54, 1.807) is 55.4 Å². The van der Waals surface area contributed by atoms with E-state index >= 15 is 0 Å². The van der Waals surface area contributed by atoms with Crippen LogP contribution >= 0.6 is 0 Å². The largest absolute Gasteiger partial charge is 0.497 e. The Bertz CT molecular complexity index is 827. The Kier molecular flexibility index (Phi) is 4.47. The number of carbonyl (C=O) groups is 1. The summed E-state index contributed by atoms with van der Waals surface area (Å²) in [4.78, 5) is 12.4. The lowest BCUT2D eigenvalue weighted by Gasteiger charge is -2.12. The van der Waals surface area contributed by atoms with Gasteiger partial charge in [0.25, 0.3) is 5.91 Å². The van der Waals surface area contributed by atoms with Crippen LogP contribution in [-0.4, -0.2) is 29.9 Å². The number of rotatable bonds is 5. The maximum Gasteiger partial charge on any atom is 0.255 e. The van der Waals surface area contributed by atoms with Crippen molar-refractivity contribution in [1.29, 1.82) is 0 Å². The lowest BCUT2D eigenvalue weighted by Crippen LogP contribution is -2.13. The molecule has 0 spiro atoms. The Hall–Kier alpha value is -3.28. The first-order valence-electron chi connectivity index (χ1n) is 7.34. The van der Waals surface area contributed by atoms with Crippen LogP contribution in [0.1, 0.15) is 10.4 Å². The molecule has 0 saturated heterocycles. The minimum absolute atomic E-state index is 0.228. The zero-order valence-corrected chi connectivity index (χ0v) is 13.4. The molecular formula is C18H17N3O3. The molecule has 0 saturated carbocycles. The second kappa shape index (κ2) is 6.87. The summed E-state index contributed by atoms with van der Waals surface area (Å²) in [5.41, 5.74) is 1.98. The van der Waals surface area contributed by atoms with E-state index in [2.05, 4.69) is 10.4 Å². The van der Waals surface area contributed by atoms with Crippen molar-refractivity contribution in [3.8, 4) is 17.2 Å². The second-order valence-electron chi connectivity index (χ2n) is 5.02. The molecule has 3 rings (SSSR count). The summed E-state index contributed by atoms with van der Waals surface area (Å²) < 4.78 is 12.2. The molecule has 6 heteroatoms. The van der Waals surface area contributed by atoms with E-state index in [4.69, 9.17) is 9.47 Å². The summed E-state index contributed by atoms with van der Waals surface area (Å²) in [6, 6.07) is 14.3. The fourth-order valence-corrected chi connectivity index (χ4v) is 2.29. The summed E-state index contributed by atoms with van der Waals surface area (Å²) in [5.74, 6) is 0.978. The van der Waals surface area contributed by atoms with E-state index in [1.165, 1.54) is 0 Å². The minimum atomic E-state index is -0.228. The first-order valence-corrected chi connectivity index (χ1v) is 7.34. The summed E-state index contributed by atoms with van der Waals surface area (Å²) in [5, 5.41) is 7.00. The Morgan fingerprint density at radius 2 is 1.88 bits per heavy atom. The Morgan fingerprint density at radius 1 is 1.08 bits per heavy atom. The highest BCUT2D eigenvalue weighted by atomic mass is 16.5. The Balaban J connectivity index is 1.80. The number of aromatic nitrogens is 2. The molecule has 0 aliphatic heterocycles. The van der Waals surface area contributed by atoms with Crippen LogP contribution in [0.25, 0.3) is 5.69 Å². The van der Waals surface area contributed by atoms with Gasteiger partial charge in [-0.05, 0) is 42.5 Å². The molecule has 0 aliphatic carbocycles. The number of methoxy groups -OCH3 is 2. The highest BCUT2D eigenvalue weighted by molar-refractivity contribution is 6.05. The van der Waals surface area contributed by atoms with Gasteiger partial charge in [-0.3, -0.25) is 4.79 Å². The predicted octanol–water partition coefficient (Wildman–Crippen LogP) is 3.14. The topological polar surface area (TPSA) is 65.4 Å². The van der Waals surface area contributed by atoms with Gasteiger partial charge in [0.05, 0.1) is 25.6 Å². The molecule has 122 valence electrons. The summed E-state index contributed by atoms with van der Waals surface area (Å²) >= 11 is 0. The van der Waals surface area contributed by atoms with E-state index in [-0.39, 0.29) is 5.91 Å². The standard InChI is InChI=1S/C18H17N3O3/c1-23-15-8-9-17(24-2)16(12-15)20-18(22)13-4-6-14(7-5-13)21-11-3-10-19-21/h3-12H,1-2H3,(H,20,22). The van der Waals surface area contributed by atoms with Crippen molar-refractivity contribution < 1.29 is 14.3 Å². The first kappa shape index (κ1) is 15.6. The van der Waals surface area contributed by atoms with Crippen LogP contribution in [0.3, 0.4) is 0 Å². The molecule has 1 amide bonds. The molecule has 1 aromatic heterocycles. The van der Waals surface area contributed by atoms with Crippen LogP contribution in [0.15, 0.2) is 60.9 Å². The van der Waals surface area contributed by atoms with Crippen molar-refractivity contribution in [1.82, 2.24) is 9.78 Å². The van der Waals surface area contributed by atoms with Gasteiger partial charge in [-0.1, -0.05) is 0 Å². The van der Waals surface area contributed by atoms with E-state index in [1.807, 2.05) is 24.4 Å². The molecule has 2 aromatic carbocycles. The van der Waals surface area contributed by atoms with Gasteiger partial charge >= 0.3 is 0 Å². The van der Waals surface area contributed by atoms with Crippen molar-refractivity contribution in [3.63, 3.8) is 0 Å².